The van der Waals surface area contributed by atoms with Crippen LogP contribution in [0.2, 0.25) is 5.02 Å². The van der Waals surface area contributed by atoms with E-state index in [4.69, 9.17) is 11.6 Å². The number of nitrogens with one attached hydrogen (secondary N) is 1. The monoisotopic (exact) mass is 462 g/mol. The molecule has 1 aliphatic heterocycles. The topological polar surface area (TPSA) is 49.4 Å². The van der Waals surface area contributed by atoms with E-state index in [1.54, 1.807) is 6.07 Å². The van der Waals surface area contributed by atoms with Gasteiger partial charge in [-0.1, -0.05) is 59.8 Å². The summed E-state index contributed by atoms with van der Waals surface area (Å²) in [5, 5.41) is 3.53. The van der Waals surface area contributed by atoms with Crippen LogP contribution in [0.3, 0.4) is 0 Å². The first-order valence-electron chi connectivity index (χ1n) is 10.4. The number of benzene rings is 3. The molecule has 0 saturated carbocycles. The molecule has 0 unspecified atom stereocenters. The first-order valence-corrected chi connectivity index (χ1v) is 11.6. The highest BCUT2D eigenvalue weighted by molar-refractivity contribution is 7.99. The van der Waals surface area contributed by atoms with Crippen molar-refractivity contribution in [1.29, 1.82) is 0 Å². The van der Waals surface area contributed by atoms with Gasteiger partial charge in [-0.05, 0) is 60.0 Å². The summed E-state index contributed by atoms with van der Waals surface area (Å²) in [6, 6.07) is 23.2. The van der Waals surface area contributed by atoms with Crippen LogP contribution in [-0.4, -0.2) is 29.8 Å². The molecular formula is C26H23ClN2O2S. The molecule has 32 heavy (non-hydrogen) atoms. The maximum absolute atomic E-state index is 13.2. The second-order valence-corrected chi connectivity index (χ2v) is 9.10. The first-order chi connectivity index (χ1) is 15.5. The Labute approximate surface area is 197 Å². The lowest BCUT2D eigenvalue weighted by molar-refractivity contribution is -0.114. The molecule has 0 spiro atoms. The van der Waals surface area contributed by atoms with E-state index in [1.807, 2.05) is 59.5 Å². The Balaban J connectivity index is 1.53. The smallest absolute Gasteiger partial charge is 0.254 e. The number of rotatable bonds is 5. The number of hydrogen-bond donors (Lipinski definition) is 1. The van der Waals surface area contributed by atoms with Crippen molar-refractivity contribution in [2.24, 2.45) is 0 Å². The normalized spacial score (nSPS) is 13.4. The number of anilines is 1. The van der Waals surface area contributed by atoms with Gasteiger partial charge >= 0.3 is 0 Å². The lowest BCUT2D eigenvalue weighted by Crippen LogP contribution is -2.34. The van der Waals surface area contributed by atoms with E-state index in [2.05, 4.69) is 23.5 Å². The summed E-state index contributed by atoms with van der Waals surface area (Å²) in [6.45, 7) is 2.70. The van der Waals surface area contributed by atoms with Crippen LogP contribution in [-0.2, 0) is 4.79 Å². The molecule has 2 amide bonds. The number of carbonyl (C=O) groups excluding carboxylic acids is 2. The Hall–Kier alpha value is -3.02. The van der Waals surface area contributed by atoms with Gasteiger partial charge in [0.1, 0.15) is 0 Å². The molecule has 4 rings (SSSR count). The summed E-state index contributed by atoms with van der Waals surface area (Å²) in [4.78, 5) is 28.6. The molecule has 0 atom stereocenters. The van der Waals surface area contributed by atoms with E-state index < -0.39 is 0 Å². The molecule has 1 aliphatic rings. The molecule has 0 aromatic heterocycles. The molecule has 0 fully saturated rings. The molecule has 0 radical (unpaired) electrons. The maximum Gasteiger partial charge on any atom is 0.254 e. The Kier molecular flexibility index (Phi) is 6.98. The highest BCUT2D eigenvalue weighted by Gasteiger charge is 2.20. The summed E-state index contributed by atoms with van der Waals surface area (Å²) in [6.07, 6.45) is 2.94. The lowest BCUT2D eigenvalue weighted by Gasteiger charge is -2.27. The molecule has 4 nitrogen and oxygen atoms in total. The second kappa shape index (κ2) is 10.1. The van der Waals surface area contributed by atoms with E-state index in [-0.39, 0.29) is 11.8 Å². The van der Waals surface area contributed by atoms with Gasteiger partial charge in [-0.3, -0.25) is 9.59 Å². The van der Waals surface area contributed by atoms with Gasteiger partial charge in [0.25, 0.3) is 5.91 Å². The molecule has 0 bridgehead atoms. The van der Waals surface area contributed by atoms with Crippen LogP contribution in [0.5, 0.6) is 0 Å². The summed E-state index contributed by atoms with van der Waals surface area (Å²) < 4.78 is 0. The number of carbonyl (C=O) groups is 2. The van der Waals surface area contributed by atoms with Crippen molar-refractivity contribution in [1.82, 2.24) is 4.90 Å². The van der Waals surface area contributed by atoms with Crippen LogP contribution < -0.4 is 5.32 Å². The quantitative estimate of drug-likeness (QED) is 0.478. The van der Waals surface area contributed by atoms with E-state index >= 15 is 0 Å². The standard InChI is InChI=1S/C26H23ClN2O2S/c1-18(30)28-24-17-21(7-12-25(24)32-23-10-8-22(27)9-11-23)26(31)29-15-13-20(14-16-29)19-5-3-2-4-6-19/h2-13,17H,14-16H2,1H3,(H,28,30). The molecule has 0 saturated heterocycles. The Bertz CT molecular complexity index is 1160. The number of amides is 2. The molecule has 1 heterocycles. The third-order valence-electron chi connectivity index (χ3n) is 5.22. The average molecular weight is 463 g/mol. The third-order valence-corrected chi connectivity index (χ3v) is 6.56. The molecule has 1 N–H and O–H groups in total. The van der Waals surface area contributed by atoms with E-state index in [9.17, 15) is 9.59 Å². The number of hydrogen-bond acceptors (Lipinski definition) is 3. The van der Waals surface area contributed by atoms with Crippen molar-refractivity contribution < 1.29 is 9.59 Å². The molecule has 162 valence electrons. The van der Waals surface area contributed by atoms with Crippen molar-refractivity contribution in [2.75, 3.05) is 18.4 Å². The summed E-state index contributed by atoms with van der Waals surface area (Å²) in [5.41, 5.74) is 3.66. The van der Waals surface area contributed by atoms with Crippen LogP contribution in [0.15, 0.2) is 88.7 Å². The lowest BCUT2D eigenvalue weighted by atomic mass is 9.99. The van der Waals surface area contributed by atoms with Gasteiger partial charge in [0.15, 0.2) is 0 Å². The van der Waals surface area contributed by atoms with Gasteiger partial charge < -0.3 is 10.2 Å². The van der Waals surface area contributed by atoms with E-state index in [1.165, 1.54) is 29.8 Å². The van der Waals surface area contributed by atoms with Gasteiger partial charge in [0, 0.05) is 40.4 Å². The number of nitrogens with zero attached hydrogens (tertiary/aromatic N) is 1. The fourth-order valence-electron chi connectivity index (χ4n) is 3.62. The fourth-order valence-corrected chi connectivity index (χ4v) is 4.63. The zero-order valence-corrected chi connectivity index (χ0v) is 19.2. The van der Waals surface area contributed by atoms with Crippen LogP contribution in [0.4, 0.5) is 5.69 Å². The second-order valence-electron chi connectivity index (χ2n) is 7.54. The zero-order valence-electron chi connectivity index (χ0n) is 17.7. The third kappa shape index (κ3) is 5.42. The largest absolute Gasteiger partial charge is 0.335 e. The summed E-state index contributed by atoms with van der Waals surface area (Å²) >= 11 is 7.49. The van der Waals surface area contributed by atoms with Crippen molar-refractivity contribution in [2.45, 2.75) is 23.1 Å². The van der Waals surface area contributed by atoms with Crippen LogP contribution in [0, 0.1) is 0 Å². The molecule has 6 heteroatoms. The summed E-state index contributed by atoms with van der Waals surface area (Å²) in [7, 11) is 0. The number of halogens is 1. The predicted octanol–water partition coefficient (Wildman–Crippen LogP) is 6.38. The Morgan fingerprint density at radius 2 is 1.75 bits per heavy atom. The van der Waals surface area contributed by atoms with Crippen molar-refractivity contribution in [3.63, 3.8) is 0 Å². The van der Waals surface area contributed by atoms with E-state index in [0.717, 1.165) is 16.2 Å². The van der Waals surface area contributed by atoms with Gasteiger partial charge in [-0.25, -0.2) is 0 Å². The minimum absolute atomic E-state index is 0.0389. The highest BCUT2D eigenvalue weighted by Crippen LogP contribution is 2.35. The van der Waals surface area contributed by atoms with Crippen molar-refractivity contribution in [3.05, 3.63) is 95.0 Å². The first kappa shape index (κ1) is 22.2. The van der Waals surface area contributed by atoms with Crippen LogP contribution in [0.25, 0.3) is 5.57 Å². The average Bonchev–Trinajstić information content (AvgIpc) is 2.81. The van der Waals surface area contributed by atoms with E-state index in [0.29, 0.717) is 29.4 Å². The van der Waals surface area contributed by atoms with Gasteiger partial charge in [0.05, 0.1) is 5.69 Å². The predicted molar refractivity (Wildman–Crippen MR) is 131 cm³/mol. The minimum atomic E-state index is -0.180. The van der Waals surface area contributed by atoms with Crippen LogP contribution >= 0.6 is 23.4 Å². The minimum Gasteiger partial charge on any atom is -0.335 e. The zero-order chi connectivity index (χ0) is 22.5. The van der Waals surface area contributed by atoms with Crippen molar-refractivity contribution >= 4 is 46.4 Å². The fraction of sp³-hybridized carbons (Fsp3) is 0.154. The molecule has 0 aliphatic carbocycles. The maximum atomic E-state index is 13.2. The SMILES string of the molecule is CC(=O)Nc1cc(C(=O)N2CC=C(c3ccccc3)CC2)ccc1Sc1ccc(Cl)cc1. The van der Waals surface area contributed by atoms with Crippen LogP contribution in [0.1, 0.15) is 29.3 Å². The Morgan fingerprint density at radius 1 is 1.00 bits per heavy atom. The summed E-state index contributed by atoms with van der Waals surface area (Å²) in [5.74, 6) is -0.219. The Morgan fingerprint density at radius 3 is 2.41 bits per heavy atom. The molecule has 3 aromatic rings. The van der Waals surface area contributed by atoms with Crippen molar-refractivity contribution in [3.8, 4) is 0 Å². The molecular weight excluding hydrogens is 440 g/mol. The van der Waals surface area contributed by atoms with Gasteiger partial charge in [0.2, 0.25) is 5.91 Å². The highest BCUT2D eigenvalue weighted by atomic mass is 35.5. The van der Waals surface area contributed by atoms with Gasteiger partial charge in [-0.15, -0.1) is 0 Å². The van der Waals surface area contributed by atoms with Gasteiger partial charge in [-0.2, -0.15) is 0 Å². The molecule has 3 aromatic carbocycles.